The third-order valence-electron chi connectivity index (χ3n) is 2.77. The topological polar surface area (TPSA) is 50.7 Å². The number of benzene rings is 1. The molecule has 4 nitrogen and oxygen atoms in total. The molecule has 2 aromatic heterocycles. The molecule has 1 aromatic carbocycles. The van der Waals surface area contributed by atoms with Crippen LogP contribution in [-0.2, 0) is 7.05 Å². The van der Waals surface area contributed by atoms with Crippen LogP contribution in [0.4, 0.5) is 0 Å². The molecule has 84 valence electrons. The van der Waals surface area contributed by atoms with E-state index in [2.05, 4.69) is 10.1 Å². The van der Waals surface area contributed by atoms with Crippen molar-refractivity contribution in [3.8, 4) is 11.3 Å². The van der Waals surface area contributed by atoms with Gasteiger partial charge in [-0.3, -0.25) is 9.48 Å². The van der Waals surface area contributed by atoms with Gasteiger partial charge in [-0.25, -0.2) is 0 Å². The standard InChI is InChI=1S/C13H11N3O/c1-16-8-10(7-14-16)12-6-9-4-2-3-5-11(9)13(17)15-12/h2-8H,1H3,(H,15,17). The monoisotopic (exact) mass is 225 g/mol. The average Bonchev–Trinajstić information content (AvgIpc) is 2.76. The summed E-state index contributed by atoms with van der Waals surface area (Å²) in [6, 6.07) is 9.51. The van der Waals surface area contributed by atoms with E-state index in [0.29, 0.717) is 5.39 Å². The van der Waals surface area contributed by atoms with E-state index in [-0.39, 0.29) is 5.56 Å². The number of aryl methyl sites for hydroxylation is 1. The van der Waals surface area contributed by atoms with E-state index in [1.54, 1.807) is 10.9 Å². The molecule has 0 spiro atoms. The van der Waals surface area contributed by atoms with E-state index in [0.717, 1.165) is 16.6 Å². The van der Waals surface area contributed by atoms with E-state index in [4.69, 9.17) is 0 Å². The highest BCUT2D eigenvalue weighted by molar-refractivity contribution is 5.84. The quantitative estimate of drug-likeness (QED) is 0.688. The average molecular weight is 225 g/mol. The van der Waals surface area contributed by atoms with Gasteiger partial charge in [0.25, 0.3) is 5.56 Å². The van der Waals surface area contributed by atoms with Crippen molar-refractivity contribution in [1.82, 2.24) is 14.8 Å². The Labute approximate surface area is 97.5 Å². The minimum Gasteiger partial charge on any atom is -0.321 e. The van der Waals surface area contributed by atoms with E-state index in [1.165, 1.54) is 0 Å². The smallest absolute Gasteiger partial charge is 0.256 e. The fourth-order valence-electron chi connectivity index (χ4n) is 1.93. The summed E-state index contributed by atoms with van der Waals surface area (Å²) >= 11 is 0. The number of nitrogens with zero attached hydrogens (tertiary/aromatic N) is 2. The van der Waals surface area contributed by atoms with Crippen LogP contribution in [0.2, 0.25) is 0 Å². The fourth-order valence-corrected chi connectivity index (χ4v) is 1.93. The summed E-state index contributed by atoms with van der Waals surface area (Å²) in [6.07, 6.45) is 3.61. The largest absolute Gasteiger partial charge is 0.321 e. The van der Waals surface area contributed by atoms with Gasteiger partial charge in [0.15, 0.2) is 0 Å². The maximum absolute atomic E-state index is 11.9. The van der Waals surface area contributed by atoms with Crippen molar-refractivity contribution < 1.29 is 0 Å². The van der Waals surface area contributed by atoms with E-state index in [9.17, 15) is 4.79 Å². The van der Waals surface area contributed by atoms with Crippen LogP contribution in [-0.4, -0.2) is 14.8 Å². The van der Waals surface area contributed by atoms with Crippen LogP contribution >= 0.6 is 0 Å². The number of rotatable bonds is 1. The van der Waals surface area contributed by atoms with Gasteiger partial charge in [0.05, 0.1) is 11.9 Å². The molecule has 0 fully saturated rings. The number of aromatic amines is 1. The molecule has 0 amide bonds. The second-order valence-corrected chi connectivity index (χ2v) is 4.00. The number of pyridine rings is 1. The SMILES string of the molecule is Cn1cc(-c2cc3ccccc3c(=O)[nH]2)cn1. The highest BCUT2D eigenvalue weighted by Crippen LogP contribution is 2.18. The fraction of sp³-hybridized carbons (Fsp3) is 0.0769. The van der Waals surface area contributed by atoms with Gasteiger partial charge < -0.3 is 4.98 Å². The van der Waals surface area contributed by atoms with Gasteiger partial charge in [0, 0.05) is 24.2 Å². The van der Waals surface area contributed by atoms with Crippen LogP contribution in [0.5, 0.6) is 0 Å². The number of H-pyrrole nitrogens is 1. The van der Waals surface area contributed by atoms with Crippen molar-refractivity contribution in [3.63, 3.8) is 0 Å². The molecule has 0 saturated carbocycles. The predicted octanol–water partition coefficient (Wildman–Crippen LogP) is 1.93. The number of aromatic nitrogens is 3. The predicted molar refractivity (Wildman–Crippen MR) is 66.8 cm³/mol. The maximum Gasteiger partial charge on any atom is 0.256 e. The second kappa shape index (κ2) is 3.59. The molecule has 0 bridgehead atoms. The molecule has 0 aliphatic rings. The zero-order chi connectivity index (χ0) is 11.8. The van der Waals surface area contributed by atoms with Crippen LogP contribution < -0.4 is 5.56 Å². The van der Waals surface area contributed by atoms with Gasteiger partial charge in [-0.2, -0.15) is 5.10 Å². The Morgan fingerprint density at radius 2 is 2.12 bits per heavy atom. The van der Waals surface area contributed by atoms with Crippen molar-refractivity contribution in [2.24, 2.45) is 7.05 Å². The van der Waals surface area contributed by atoms with E-state index >= 15 is 0 Å². The molecule has 3 rings (SSSR count). The second-order valence-electron chi connectivity index (χ2n) is 4.00. The summed E-state index contributed by atoms with van der Waals surface area (Å²) < 4.78 is 1.71. The van der Waals surface area contributed by atoms with Crippen molar-refractivity contribution in [2.75, 3.05) is 0 Å². The van der Waals surface area contributed by atoms with Gasteiger partial charge in [-0.15, -0.1) is 0 Å². The first kappa shape index (κ1) is 9.84. The summed E-state index contributed by atoms with van der Waals surface area (Å²) in [5, 5.41) is 5.75. The van der Waals surface area contributed by atoms with Crippen molar-refractivity contribution in [1.29, 1.82) is 0 Å². The van der Waals surface area contributed by atoms with Crippen LogP contribution in [0.25, 0.3) is 22.0 Å². The Bertz CT molecular complexity index is 740. The molecular weight excluding hydrogens is 214 g/mol. The molecule has 0 saturated heterocycles. The first-order valence-electron chi connectivity index (χ1n) is 5.35. The third kappa shape index (κ3) is 1.63. The van der Waals surface area contributed by atoms with Crippen molar-refractivity contribution in [3.05, 3.63) is 53.1 Å². The molecule has 0 aliphatic heterocycles. The van der Waals surface area contributed by atoms with E-state index in [1.807, 2.05) is 43.6 Å². The molecule has 3 aromatic rings. The van der Waals surface area contributed by atoms with Crippen LogP contribution in [0, 0.1) is 0 Å². The number of fused-ring (bicyclic) bond motifs is 1. The lowest BCUT2D eigenvalue weighted by Crippen LogP contribution is -2.06. The third-order valence-corrected chi connectivity index (χ3v) is 2.77. The Hall–Kier alpha value is -2.36. The van der Waals surface area contributed by atoms with Gasteiger partial charge >= 0.3 is 0 Å². The Kier molecular flexibility index (Phi) is 2.08. The molecule has 0 radical (unpaired) electrons. The highest BCUT2D eigenvalue weighted by atomic mass is 16.1. The molecule has 0 aliphatic carbocycles. The Balaban J connectivity index is 2.29. The summed E-state index contributed by atoms with van der Waals surface area (Å²) in [5.41, 5.74) is 1.64. The number of nitrogens with one attached hydrogen (secondary N) is 1. The first-order valence-corrected chi connectivity index (χ1v) is 5.35. The molecule has 0 unspecified atom stereocenters. The molecule has 4 heteroatoms. The van der Waals surface area contributed by atoms with Crippen LogP contribution in [0.15, 0.2) is 47.5 Å². The summed E-state index contributed by atoms with van der Waals surface area (Å²) in [4.78, 5) is 14.8. The lowest BCUT2D eigenvalue weighted by atomic mass is 10.1. The normalized spacial score (nSPS) is 10.9. The zero-order valence-corrected chi connectivity index (χ0v) is 9.34. The number of hydrogen-bond donors (Lipinski definition) is 1. The van der Waals surface area contributed by atoms with Crippen molar-refractivity contribution >= 4 is 10.8 Å². The summed E-state index contributed by atoms with van der Waals surface area (Å²) in [7, 11) is 1.85. The molecular formula is C13H11N3O. The summed E-state index contributed by atoms with van der Waals surface area (Å²) in [6.45, 7) is 0. The molecule has 1 N–H and O–H groups in total. The first-order chi connectivity index (χ1) is 8.24. The number of hydrogen-bond acceptors (Lipinski definition) is 2. The minimum atomic E-state index is -0.0676. The van der Waals surface area contributed by atoms with Crippen LogP contribution in [0.3, 0.4) is 0 Å². The van der Waals surface area contributed by atoms with Gasteiger partial charge in [-0.05, 0) is 17.5 Å². The highest BCUT2D eigenvalue weighted by Gasteiger charge is 2.04. The Morgan fingerprint density at radius 1 is 1.29 bits per heavy atom. The molecule has 17 heavy (non-hydrogen) atoms. The lowest BCUT2D eigenvalue weighted by Gasteiger charge is -2.00. The lowest BCUT2D eigenvalue weighted by molar-refractivity contribution is 0.768. The van der Waals surface area contributed by atoms with Gasteiger partial charge in [0.1, 0.15) is 0 Å². The van der Waals surface area contributed by atoms with Gasteiger partial charge in [0.2, 0.25) is 0 Å². The zero-order valence-electron chi connectivity index (χ0n) is 9.34. The molecule has 0 atom stereocenters. The van der Waals surface area contributed by atoms with Crippen molar-refractivity contribution in [2.45, 2.75) is 0 Å². The molecule has 2 heterocycles. The van der Waals surface area contributed by atoms with E-state index < -0.39 is 0 Å². The maximum atomic E-state index is 11.9. The Morgan fingerprint density at radius 3 is 2.88 bits per heavy atom. The van der Waals surface area contributed by atoms with Crippen LogP contribution in [0.1, 0.15) is 0 Å². The summed E-state index contributed by atoms with van der Waals surface area (Å²) in [5.74, 6) is 0. The minimum absolute atomic E-state index is 0.0676. The van der Waals surface area contributed by atoms with Gasteiger partial charge in [-0.1, -0.05) is 18.2 Å².